The molecular formula is C15H18N4S. The van der Waals surface area contributed by atoms with Crippen molar-refractivity contribution >= 4 is 23.4 Å². The van der Waals surface area contributed by atoms with Crippen LogP contribution in [0.4, 0.5) is 0 Å². The number of aromatic amines is 1. The Morgan fingerprint density at radius 2 is 2.05 bits per heavy atom. The maximum Gasteiger partial charge on any atom is 0.184 e. The Hall–Kier alpha value is -1.88. The number of hydrogen-bond donors (Lipinski definition) is 1. The standard InChI is InChI=1S/C15H18N4S/c1-5-11-13-14(18(4)17-11)19(15(20)16-13)12-8-9(2)6-7-10(12)3/h6-8H,5H2,1-4H3,(H,16,20). The zero-order valence-corrected chi connectivity index (χ0v) is 13.0. The number of nitrogens with zero attached hydrogens (tertiary/aromatic N) is 3. The van der Waals surface area contributed by atoms with Gasteiger partial charge in [-0.3, -0.25) is 4.57 Å². The van der Waals surface area contributed by atoms with Crippen molar-refractivity contribution in [3.8, 4) is 5.69 Å². The maximum atomic E-state index is 5.53. The lowest BCUT2D eigenvalue weighted by Gasteiger charge is -2.09. The molecule has 0 saturated carbocycles. The minimum Gasteiger partial charge on any atom is -0.327 e. The third-order valence-corrected chi connectivity index (χ3v) is 3.96. The summed E-state index contributed by atoms with van der Waals surface area (Å²) in [4.78, 5) is 3.31. The molecule has 2 heterocycles. The summed E-state index contributed by atoms with van der Waals surface area (Å²) in [5.41, 5.74) is 6.66. The Balaban J connectivity index is 2.42. The van der Waals surface area contributed by atoms with Crippen LogP contribution in [0.25, 0.3) is 16.9 Å². The van der Waals surface area contributed by atoms with Gasteiger partial charge in [0.15, 0.2) is 10.4 Å². The molecular weight excluding hydrogens is 268 g/mol. The van der Waals surface area contributed by atoms with Gasteiger partial charge in [-0.15, -0.1) is 0 Å². The van der Waals surface area contributed by atoms with Gasteiger partial charge in [-0.05, 0) is 49.7 Å². The first-order valence-corrected chi connectivity index (χ1v) is 7.18. The fourth-order valence-corrected chi connectivity index (χ4v) is 2.93. The number of imidazole rings is 1. The van der Waals surface area contributed by atoms with Gasteiger partial charge in [0, 0.05) is 7.05 Å². The van der Waals surface area contributed by atoms with Crippen molar-refractivity contribution in [2.24, 2.45) is 7.05 Å². The van der Waals surface area contributed by atoms with Gasteiger partial charge >= 0.3 is 0 Å². The van der Waals surface area contributed by atoms with Gasteiger partial charge in [0.05, 0.1) is 11.4 Å². The fraction of sp³-hybridized carbons (Fsp3) is 0.333. The van der Waals surface area contributed by atoms with Crippen molar-refractivity contribution in [3.63, 3.8) is 0 Å². The predicted octanol–water partition coefficient (Wildman–Crippen LogP) is 3.60. The molecule has 0 radical (unpaired) electrons. The SMILES string of the molecule is CCc1nn(C)c2c1[nH]c(=S)n2-c1cc(C)ccc1C. The van der Waals surface area contributed by atoms with Crippen molar-refractivity contribution in [1.29, 1.82) is 0 Å². The van der Waals surface area contributed by atoms with Gasteiger partial charge in [0.25, 0.3) is 0 Å². The van der Waals surface area contributed by atoms with E-state index in [-0.39, 0.29) is 0 Å². The molecule has 2 aromatic heterocycles. The van der Waals surface area contributed by atoms with Gasteiger partial charge in [0.1, 0.15) is 5.52 Å². The summed E-state index contributed by atoms with van der Waals surface area (Å²) in [5.74, 6) is 0. The molecule has 0 aliphatic heterocycles. The molecule has 1 N–H and O–H groups in total. The summed E-state index contributed by atoms with van der Waals surface area (Å²) in [6.07, 6.45) is 0.888. The Morgan fingerprint density at radius 3 is 2.75 bits per heavy atom. The van der Waals surface area contributed by atoms with E-state index < -0.39 is 0 Å². The average molecular weight is 286 g/mol. The molecule has 0 amide bonds. The Kier molecular flexibility index (Phi) is 3.01. The van der Waals surface area contributed by atoms with Crippen LogP contribution >= 0.6 is 12.2 Å². The summed E-state index contributed by atoms with van der Waals surface area (Å²) in [6, 6.07) is 6.41. The highest BCUT2D eigenvalue weighted by Crippen LogP contribution is 2.24. The van der Waals surface area contributed by atoms with Crippen LogP contribution in [0.2, 0.25) is 0 Å². The second kappa shape index (κ2) is 4.59. The van der Waals surface area contributed by atoms with E-state index in [9.17, 15) is 0 Å². The van der Waals surface area contributed by atoms with Crippen LogP contribution < -0.4 is 0 Å². The van der Waals surface area contributed by atoms with Crippen LogP contribution in [0, 0.1) is 18.6 Å². The third kappa shape index (κ3) is 1.81. The normalized spacial score (nSPS) is 11.4. The molecule has 0 spiro atoms. The van der Waals surface area contributed by atoms with E-state index in [1.807, 2.05) is 11.7 Å². The Morgan fingerprint density at radius 1 is 1.30 bits per heavy atom. The number of rotatable bonds is 2. The first kappa shape index (κ1) is 13.1. The summed E-state index contributed by atoms with van der Waals surface area (Å²) in [5, 5.41) is 4.57. The molecule has 3 aromatic rings. The second-order valence-corrected chi connectivity index (χ2v) is 5.56. The fourth-order valence-electron chi connectivity index (χ4n) is 2.64. The quantitative estimate of drug-likeness (QED) is 0.731. The summed E-state index contributed by atoms with van der Waals surface area (Å²) >= 11 is 5.53. The molecule has 0 aliphatic rings. The zero-order valence-electron chi connectivity index (χ0n) is 12.2. The highest BCUT2D eigenvalue weighted by molar-refractivity contribution is 7.71. The van der Waals surface area contributed by atoms with E-state index >= 15 is 0 Å². The molecule has 0 aliphatic carbocycles. The maximum absolute atomic E-state index is 5.53. The van der Waals surface area contributed by atoms with Gasteiger partial charge in [0.2, 0.25) is 0 Å². The van der Waals surface area contributed by atoms with Crippen molar-refractivity contribution in [2.45, 2.75) is 27.2 Å². The minimum absolute atomic E-state index is 0.719. The average Bonchev–Trinajstić information content (AvgIpc) is 2.90. The van der Waals surface area contributed by atoms with Crippen LogP contribution in [-0.2, 0) is 13.5 Å². The molecule has 4 nitrogen and oxygen atoms in total. The van der Waals surface area contributed by atoms with Crippen LogP contribution in [0.5, 0.6) is 0 Å². The predicted molar refractivity (Wildman–Crippen MR) is 84.1 cm³/mol. The first-order chi connectivity index (χ1) is 9.52. The highest BCUT2D eigenvalue weighted by Gasteiger charge is 2.16. The smallest absolute Gasteiger partial charge is 0.184 e. The minimum atomic E-state index is 0.719. The topological polar surface area (TPSA) is 38.5 Å². The van der Waals surface area contributed by atoms with E-state index in [0.29, 0.717) is 0 Å². The number of benzene rings is 1. The summed E-state index contributed by atoms with van der Waals surface area (Å²) < 4.78 is 4.71. The van der Waals surface area contributed by atoms with Crippen LogP contribution in [-0.4, -0.2) is 19.3 Å². The van der Waals surface area contributed by atoms with Gasteiger partial charge in [-0.1, -0.05) is 19.1 Å². The van der Waals surface area contributed by atoms with Gasteiger partial charge in [-0.2, -0.15) is 5.10 Å². The number of aryl methyl sites for hydroxylation is 4. The van der Waals surface area contributed by atoms with Gasteiger partial charge in [-0.25, -0.2) is 4.68 Å². The Labute approximate surface area is 123 Å². The third-order valence-electron chi connectivity index (χ3n) is 3.68. The molecule has 20 heavy (non-hydrogen) atoms. The molecule has 5 heteroatoms. The zero-order chi connectivity index (χ0) is 14.4. The van der Waals surface area contributed by atoms with E-state index in [4.69, 9.17) is 12.2 Å². The van der Waals surface area contributed by atoms with Crippen molar-refractivity contribution in [2.75, 3.05) is 0 Å². The van der Waals surface area contributed by atoms with Gasteiger partial charge < -0.3 is 4.98 Å². The number of nitrogens with one attached hydrogen (secondary N) is 1. The molecule has 3 rings (SSSR count). The highest BCUT2D eigenvalue weighted by atomic mass is 32.1. The second-order valence-electron chi connectivity index (χ2n) is 5.18. The number of H-pyrrole nitrogens is 1. The van der Waals surface area contributed by atoms with E-state index in [1.165, 1.54) is 11.1 Å². The number of aromatic nitrogens is 4. The van der Waals surface area contributed by atoms with Crippen molar-refractivity contribution in [1.82, 2.24) is 19.3 Å². The monoisotopic (exact) mass is 286 g/mol. The molecule has 104 valence electrons. The number of fused-ring (bicyclic) bond motifs is 1. The lowest BCUT2D eigenvalue weighted by molar-refractivity contribution is 0.748. The lowest BCUT2D eigenvalue weighted by atomic mass is 10.1. The molecule has 1 aromatic carbocycles. The molecule has 0 fully saturated rings. The lowest BCUT2D eigenvalue weighted by Crippen LogP contribution is -2.03. The molecule has 0 saturated heterocycles. The Bertz CT molecular complexity index is 851. The van der Waals surface area contributed by atoms with E-state index in [1.54, 1.807) is 0 Å². The molecule has 0 bridgehead atoms. The largest absolute Gasteiger partial charge is 0.327 e. The number of hydrogen-bond acceptors (Lipinski definition) is 2. The summed E-state index contributed by atoms with van der Waals surface area (Å²) in [6.45, 7) is 6.30. The van der Waals surface area contributed by atoms with E-state index in [0.717, 1.165) is 33.7 Å². The van der Waals surface area contributed by atoms with Crippen LogP contribution in [0.1, 0.15) is 23.7 Å². The van der Waals surface area contributed by atoms with Crippen molar-refractivity contribution < 1.29 is 0 Å². The molecule has 0 unspecified atom stereocenters. The van der Waals surface area contributed by atoms with E-state index in [2.05, 4.69) is 53.6 Å². The molecule has 0 atom stereocenters. The van der Waals surface area contributed by atoms with Crippen molar-refractivity contribution in [3.05, 3.63) is 39.8 Å². The first-order valence-electron chi connectivity index (χ1n) is 6.77. The summed E-state index contributed by atoms with van der Waals surface area (Å²) in [7, 11) is 1.96. The van der Waals surface area contributed by atoms with Crippen LogP contribution in [0.3, 0.4) is 0 Å². The van der Waals surface area contributed by atoms with Crippen LogP contribution in [0.15, 0.2) is 18.2 Å².